The number of nitrogens with zero attached hydrogens (tertiary/aromatic N) is 1. The Labute approximate surface area is 158 Å². The second-order valence-corrected chi connectivity index (χ2v) is 8.05. The van der Waals surface area contributed by atoms with E-state index in [1.807, 2.05) is 0 Å². The zero-order valence-corrected chi connectivity index (χ0v) is 15.5. The van der Waals surface area contributed by atoms with Gasteiger partial charge < -0.3 is 9.64 Å². The van der Waals surface area contributed by atoms with E-state index in [9.17, 15) is 17.6 Å². The number of carbonyl (C=O) groups excluding carboxylic acids is 1. The number of halogens is 1. The van der Waals surface area contributed by atoms with E-state index in [1.165, 1.54) is 18.2 Å². The molecule has 2 aromatic carbocycles. The van der Waals surface area contributed by atoms with Crippen molar-refractivity contribution in [3.05, 3.63) is 60.4 Å². The van der Waals surface area contributed by atoms with E-state index < -0.39 is 15.8 Å². The lowest BCUT2D eigenvalue weighted by Gasteiger charge is -2.32. The number of piperidine rings is 1. The lowest BCUT2D eigenvalue weighted by Crippen LogP contribution is -2.47. The minimum atomic E-state index is -3.56. The molecular formula is C19H21FN2O4S. The number of likely N-dealkylation sites (tertiary alicyclic amines) is 1. The van der Waals surface area contributed by atoms with Gasteiger partial charge >= 0.3 is 0 Å². The summed E-state index contributed by atoms with van der Waals surface area (Å²) in [7, 11) is -3.56. The molecule has 1 aliphatic heterocycles. The number of carbonyl (C=O) groups is 1. The van der Waals surface area contributed by atoms with Gasteiger partial charge in [-0.3, -0.25) is 4.79 Å². The molecule has 0 unspecified atom stereocenters. The third-order valence-corrected chi connectivity index (χ3v) is 5.92. The maximum Gasteiger partial charge on any atom is 0.260 e. The average molecular weight is 392 g/mol. The number of rotatable bonds is 6. The fourth-order valence-electron chi connectivity index (χ4n) is 2.93. The van der Waals surface area contributed by atoms with Crippen molar-refractivity contribution in [3.8, 4) is 5.75 Å². The fourth-order valence-corrected chi connectivity index (χ4v) is 4.25. The van der Waals surface area contributed by atoms with Crippen LogP contribution in [0.5, 0.6) is 5.75 Å². The van der Waals surface area contributed by atoms with Crippen LogP contribution in [-0.2, 0) is 14.8 Å². The van der Waals surface area contributed by atoms with Gasteiger partial charge in [-0.2, -0.15) is 0 Å². The van der Waals surface area contributed by atoms with Crippen molar-refractivity contribution in [1.29, 1.82) is 0 Å². The Bertz CT molecular complexity index is 882. The van der Waals surface area contributed by atoms with E-state index >= 15 is 0 Å². The first-order valence-electron chi connectivity index (χ1n) is 8.67. The minimum absolute atomic E-state index is 0.177. The molecule has 2 aromatic rings. The van der Waals surface area contributed by atoms with Gasteiger partial charge in [0.05, 0.1) is 4.90 Å². The van der Waals surface area contributed by atoms with Gasteiger partial charge in [-0.05, 0) is 37.1 Å². The number of sulfonamides is 1. The molecule has 1 N–H and O–H groups in total. The van der Waals surface area contributed by atoms with Crippen molar-refractivity contribution >= 4 is 15.9 Å². The molecule has 0 atom stereocenters. The van der Waals surface area contributed by atoms with E-state index in [1.54, 1.807) is 41.3 Å². The van der Waals surface area contributed by atoms with Crippen LogP contribution < -0.4 is 9.46 Å². The number of nitrogens with one attached hydrogen (secondary N) is 1. The molecule has 1 heterocycles. The summed E-state index contributed by atoms with van der Waals surface area (Å²) in [6, 6.07) is 13.6. The highest BCUT2D eigenvalue weighted by Crippen LogP contribution is 2.16. The second-order valence-electron chi connectivity index (χ2n) is 6.34. The lowest BCUT2D eigenvalue weighted by molar-refractivity contribution is -0.134. The van der Waals surface area contributed by atoms with Crippen molar-refractivity contribution in [1.82, 2.24) is 9.62 Å². The van der Waals surface area contributed by atoms with Crippen LogP contribution in [0.25, 0.3) is 0 Å². The predicted octanol–water partition coefficient (Wildman–Crippen LogP) is 2.17. The summed E-state index contributed by atoms with van der Waals surface area (Å²) < 4.78 is 45.9. The van der Waals surface area contributed by atoms with Crippen LogP contribution >= 0.6 is 0 Å². The maximum absolute atomic E-state index is 13.1. The third-order valence-electron chi connectivity index (χ3n) is 4.38. The van der Waals surface area contributed by atoms with Gasteiger partial charge in [-0.15, -0.1) is 0 Å². The first-order chi connectivity index (χ1) is 12.9. The van der Waals surface area contributed by atoms with Crippen LogP contribution in [0.4, 0.5) is 4.39 Å². The smallest absolute Gasteiger partial charge is 0.260 e. The van der Waals surface area contributed by atoms with Crippen LogP contribution in [0.1, 0.15) is 12.8 Å². The topological polar surface area (TPSA) is 75.7 Å². The molecule has 0 radical (unpaired) electrons. The molecule has 0 aliphatic carbocycles. The predicted molar refractivity (Wildman–Crippen MR) is 98.3 cm³/mol. The summed E-state index contributed by atoms with van der Waals surface area (Å²) in [5.41, 5.74) is 0. The molecule has 6 nitrogen and oxygen atoms in total. The first kappa shape index (κ1) is 19.3. The van der Waals surface area contributed by atoms with Crippen LogP contribution in [0.15, 0.2) is 59.5 Å². The molecule has 3 rings (SSSR count). The Balaban J connectivity index is 1.48. The Morgan fingerprint density at radius 1 is 1.11 bits per heavy atom. The quantitative estimate of drug-likeness (QED) is 0.818. The van der Waals surface area contributed by atoms with E-state index in [4.69, 9.17) is 4.74 Å². The summed E-state index contributed by atoms with van der Waals surface area (Å²) >= 11 is 0. The molecule has 144 valence electrons. The standard InChI is InChI=1S/C19H21FN2O4S/c20-15-5-4-6-17(13-15)26-14-19(23)22-11-9-16(10-12-22)21-27(24,25)18-7-2-1-3-8-18/h1-8,13,16,21H,9-12,14H2. The highest BCUT2D eigenvalue weighted by atomic mass is 32.2. The van der Waals surface area contributed by atoms with E-state index in [0.717, 1.165) is 0 Å². The molecule has 1 amide bonds. The zero-order chi connectivity index (χ0) is 19.3. The second kappa shape index (κ2) is 8.49. The van der Waals surface area contributed by atoms with Crippen molar-refractivity contribution in [2.75, 3.05) is 19.7 Å². The van der Waals surface area contributed by atoms with E-state index in [2.05, 4.69) is 4.72 Å². The number of hydrogen-bond acceptors (Lipinski definition) is 4. The van der Waals surface area contributed by atoms with Gasteiger partial charge in [0.1, 0.15) is 11.6 Å². The molecule has 1 fully saturated rings. The van der Waals surface area contributed by atoms with Gasteiger partial charge in [0.25, 0.3) is 5.91 Å². The summed E-state index contributed by atoms with van der Waals surface area (Å²) in [4.78, 5) is 14.1. The largest absolute Gasteiger partial charge is 0.484 e. The monoisotopic (exact) mass is 392 g/mol. The van der Waals surface area contributed by atoms with Crippen LogP contribution in [0, 0.1) is 5.82 Å². The number of ether oxygens (including phenoxy) is 1. The van der Waals surface area contributed by atoms with Crippen molar-refractivity contribution in [3.63, 3.8) is 0 Å². The lowest BCUT2D eigenvalue weighted by atomic mass is 10.1. The molecule has 0 bridgehead atoms. The molecule has 1 aliphatic rings. The molecule has 1 saturated heterocycles. The number of amides is 1. The first-order valence-corrected chi connectivity index (χ1v) is 10.2. The fraction of sp³-hybridized carbons (Fsp3) is 0.316. The normalized spacial score (nSPS) is 15.5. The molecule has 8 heteroatoms. The van der Waals surface area contributed by atoms with Crippen LogP contribution in [0.2, 0.25) is 0 Å². The summed E-state index contributed by atoms with van der Waals surface area (Å²) in [6.07, 6.45) is 1.05. The van der Waals surface area contributed by atoms with Crippen molar-refractivity contribution in [2.45, 2.75) is 23.8 Å². The molecular weight excluding hydrogens is 371 g/mol. The van der Waals surface area contributed by atoms with E-state index in [0.29, 0.717) is 31.7 Å². The van der Waals surface area contributed by atoms with Gasteiger partial charge in [0, 0.05) is 25.2 Å². The Morgan fingerprint density at radius 2 is 1.81 bits per heavy atom. The molecule has 0 spiro atoms. The van der Waals surface area contributed by atoms with Gasteiger partial charge in [-0.1, -0.05) is 24.3 Å². The summed E-state index contributed by atoms with van der Waals surface area (Å²) in [6.45, 7) is 0.699. The van der Waals surface area contributed by atoms with Crippen LogP contribution in [0.3, 0.4) is 0 Å². The van der Waals surface area contributed by atoms with Crippen molar-refractivity contribution < 1.29 is 22.3 Å². The average Bonchev–Trinajstić information content (AvgIpc) is 2.67. The van der Waals surface area contributed by atoms with Crippen LogP contribution in [-0.4, -0.2) is 45.0 Å². The highest BCUT2D eigenvalue weighted by molar-refractivity contribution is 7.89. The Kier molecular flexibility index (Phi) is 6.08. The summed E-state index contributed by atoms with van der Waals surface area (Å²) in [5, 5.41) is 0. The molecule has 27 heavy (non-hydrogen) atoms. The highest BCUT2D eigenvalue weighted by Gasteiger charge is 2.26. The molecule has 0 saturated carbocycles. The number of benzene rings is 2. The summed E-state index contributed by atoms with van der Waals surface area (Å²) in [5.74, 6) is -0.330. The van der Waals surface area contributed by atoms with Gasteiger partial charge in [-0.25, -0.2) is 17.5 Å². The number of hydrogen-bond donors (Lipinski definition) is 1. The molecule has 0 aromatic heterocycles. The Hall–Kier alpha value is -2.45. The SMILES string of the molecule is O=C(COc1cccc(F)c1)N1CCC(NS(=O)(=O)c2ccccc2)CC1. The van der Waals surface area contributed by atoms with E-state index in [-0.39, 0.29) is 23.5 Å². The van der Waals surface area contributed by atoms with Gasteiger partial charge in [0.2, 0.25) is 10.0 Å². The zero-order valence-electron chi connectivity index (χ0n) is 14.7. The Morgan fingerprint density at radius 3 is 2.48 bits per heavy atom. The van der Waals surface area contributed by atoms with Crippen molar-refractivity contribution in [2.24, 2.45) is 0 Å². The third kappa shape index (κ3) is 5.27. The minimum Gasteiger partial charge on any atom is -0.484 e. The van der Waals surface area contributed by atoms with Gasteiger partial charge in [0.15, 0.2) is 6.61 Å². The maximum atomic E-state index is 13.1.